The van der Waals surface area contributed by atoms with Crippen molar-refractivity contribution in [2.45, 2.75) is 12.5 Å². The minimum Gasteiger partial charge on any atom is -0.508 e. The van der Waals surface area contributed by atoms with Gasteiger partial charge < -0.3 is 31.3 Å². The number of hydrogen-bond donors (Lipinski definition) is 6. The maximum absolute atomic E-state index is 10.4. The van der Waals surface area contributed by atoms with E-state index in [1.807, 2.05) is 6.08 Å². The molecule has 7 heteroatoms. The van der Waals surface area contributed by atoms with Crippen LogP contribution in [0.2, 0.25) is 0 Å². The van der Waals surface area contributed by atoms with Gasteiger partial charge in [0, 0.05) is 6.07 Å². The van der Waals surface area contributed by atoms with Crippen LogP contribution in [0.3, 0.4) is 0 Å². The third kappa shape index (κ3) is 7.57. The van der Waals surface area contributed by atoms with E-state index < -0.39 is 12.0 Å². The lowest BCUT2D eigenvalue weighted by Gasteiger charge is -2.05. The normalized spacial score (nSPS) is 11.5. The maximum atomic E-state index is 10.4. The number of phenolic OH excluding ortho intramolecular Hbond substituents is 4. The number of aliphatic carboxylic acids is 1. The zero-order chi connectivity index (χ0) is 22.1. The minimum atomic E-state index is -1.02. The van der Waals surface area contributed by atoms with E-state index >= 15 is 0 Å². The Morgan fingerprint density at radius 3 is 1.70 bits per heavy atom. The molecule has 0 amide bonds. The highest BCUT2D eigenvalue weighted by Crippen LogP contribution is 2.22. The van der Waals surface area contributed by atoms with Crippen LogP contribution in [0.1, 0.15) is 16.7 Å². The van der Waals surface area contributed by atoms with Crippen LogP contribution in [0.15, 0.2) is 66.7 Å². The molecule has 3 rings (SSSR count). The van der Waals surface area contributed by atoms with Gasteiger partial charge in [-0.2, -0.15) is 0 Å². The van der Waals surface area contributed by atoms with E-state index in [-0.39, 0.29) is 29.4 Å². The largest absolute Gasteiger partial charge is 0.508 e. The predicted molar refractivity (Wildman–Crippen MR) is 114 cm³/mol. The number of benzene rings is 3. The summed E-state index contributed by atoms with van der Waals surface area (Å²) in [4.78, 5) is 10.4. The highest BCUT2D eigenvalue weighted by molar-refractivity contribution is 5.73. The van der Waals surface area contributed by atoms with Crippen LogP contribution in [0, 0.1) is 0 Å². The van der Waals surface area contributed by atoms with Gasteiger partial charge in [0.05, 0.1) is 0 Å². The summed E-state index contributed by atoms with van der Waals surface area (Å²) in [6, 6.07) is 16.5. The highest BCUT2D eigenvalue weighted by atomic mass is 16.4. The average molecular weight is 409 g/mol. The first-order valence-corrected chi connectivity index (χ1v) is 8.99. The summed E-state index contributed by atoms with van der Waals surface area (Å²) in [5.74, 6) is -0.594. The Morgan fingerprint density at radius 2 is 1.20 bits per heavy atom. The molecule has 0 fully saturated rings. The van der Waals surface area contributed by atoms with Crippen LogP contribution >= 0.6 is 0 Å². The van der Waals surface area contributed by atoms with Crippen LogP contribution in [-0.4, -0.2) is 37.5 Å². The fourth-order valence-corrected chi connectivity index (χ4v) is 2.47. The minimum absolute atomic E-state index is 0.0235. The van der Waals surface area contributed by atoms with E-state index in [0.717, 1.165) is 11.1 Å². The van der Waals surface area contributed by atoms with Crippen molar-refractivity contribution in [2.75, 3.05) is 0 Å². The lowest BCUT2D eigenvalue weighted by molar-refractivity contribution is -0.138. The molecule has 0 heterocycles. The Balaban J connectivity index is 0.000000222. The molecule has 7 nitrogen and oxygen atoms in total. The second-order valence-corrected chi connectivity index (χ2v) is 6.52. The topological polar surface area (TPSA) is 144 Å². The van der Waals surface area contributed by atoms with Gasteiger partial charge in [0.2, 0.25) is 0 Å². The van der Waals surface area contributed by atoms with Gasteiger partial charge in [0.1, 0.15) is 29.0 Å². The van der Waals surface area contributed by atoms with Crippen LogP contribution < -0.4 is 5.73 Å². The van der Waals surface area contributed by atoms with Crippen LogP contribution in [0.4, 0.5) is 0 Å². The highest BCUT2D eigenvalue weighted by Gasteiger charge is 2.11. The second-order valence-electron chi connectivity index (χ2n) is 6.52. The van der Waals surface area contributed by atoms with Crippen molar-refractivity contribution in [1.29, 1.82) is 0 Å². The Bertz CT molecular complexity index is 977. The summed E-state index contributed by atoms with van der Waals surface area (Å²) in [6.45, 7) is 0. The van der Waals surface area contributed by atoms with Crippen molar-refractivity contribution in [3.8, 4) is 23.0 Å². The van der Waals surface area contributed by atoms with E-state index in [2.05, 4.69) is 0 Å². The molecule has 0 aliphatic rings. The maximum Gasteiger partial charge on any atom is 0.320 e. The summed E-state index contributed by atoms with van der Waals surface area (Å²) in [5, 5.41) is 45.2. The molecular weight excluding hydrogens is 386 g/mol. The van der Waals surface area contributed by atoms with Gasteiger partial charge in [-0.3, -0.25) is 4.79 Å². The molecule has 0 aliphatic carbocycles. The molecule has 0 unspecified atom stereocenters. The van der Waals surface area contributed by atoms with Gasteiger partial charge in [-0.1, -0.05) is 36.4 Å². The summed E-state index contributed by atoms with van der Waals surface area (Å²) in [7, 11) is 0. The molecule has 0 spiro atoms. The number of aromatic hydroxyl groups is 4. The summed E-state index contributed by atoms with van der Waals surface area (Å²) >= 11 is 0. The molecule has 0 aromatic heterocycles. The van der Waals surface area contributed by atoms with Gasteiger partial charge in [-0.15, -0.1) is 0 Å². The number of carboxylic acids is 1. The fourth-order valence-electron chi connectivity index (χ4n) is 2.47. The zero-order valence-corrected chi connectivity index (χ0v) is 16.0. The first-order chi connectivity index (χ1) is 14.2. The van der Waals surface area contributed by atoms with E-state index in [9.17, 15) is 15.0 Å². The molecule has 0 saturated heterocycles. The number of nitrogens with two attached hydrogens (primary N) is 1. The van der Waals surface area contributed by atoms with Gasteiger partial charge in [-0.05, 0) is 59.5 Å². The average Bonchev–Trinajstić information content (AvgIpc) is 2.69. The Morgan fingerprint density at radius 1 is 0.733 bits per heavy atom. The van der Waals surface area contributed by atoms with E-state index in [1.165, 1.54) is 18.2 Å². The molecule has 30 heavy (non-hydrogen) atoms. The predicted octanol–water partition coefficient (Wildman–Crippen LogP) is 3.32. The first kappa shape index (κ1) is 22.3. The summed E-state index contributed by atoms with van der Waals surface area (Å²) < 4.78 is 0. The molecule has 0 bridgehead atoms. The molecular formula is C23H23NO6. The van der Waals surface area contributed by atoms with Gasteiger partial charge in [-0.25, -0.2) is 0 Å². The van der Waals surface area contributed by atoms with E-state index in [0.29, 0.717) is 5.56 Å². The van der Waals surface area contributed by atoms with Crippen LogP contribution in [-0.2, 0) is 11.2 Å². The third-order valence-corrected chi connectivity index (χ3v) is 4.00. The van der Waals surface area contributed by atoms with Gasteiger partial charge in [0.25, 0.3) is 0 Å². The number of phenols is 4. The SMILES string of the molecule is N[C@@H](Cc1ccc(O)cc1)C(=O)O.Oc1ccc(/C=C/c2cc(O)cc(O)c2)cc1. The molecule has 0 radical (unpaired) electrons. The lowest BCUT2D eigenvalue weighted by Crippen LogP contribution is -2.32. The molecule has 0 aliphatic heterocycles. The molecule has 7 N–H and O–H groups in total. The molecule has 0 saturated carbocycles. The molecule has 3 aromatic carbocycles. The monoisotopic (exact) mass is 409 g/mol. The van der Waals surface area contributed by atoms with Crippen molar-refractivity contribution in [3.05, 3.63) is 83.4 Å². The van der Waals surface area contributed by atoms with Crippen molar-refractivity contribution < 1.29 is 30.3 Å². The number of carboxylic acid groups (broad SMARTS) is 1. The van der Waals surface area contributed by atoms with Crippen LogP contribution in [0.25, 0.3) is 12.2 Å². The quantitative estimate of drug-likeness (QED) is 0.355. The molecule has 1 atom stereocenters. The Hall–Kier alpha value is -3.97. The number of hydrogen-bond acceptors (Lipinski definition) is 6. The standard InChI is InChI=1S/C14H12O3.C9H11NO3/c15-12-5-3-10(4-6-12)1-2-11-7-13(16)9-14(17)8-11;10-8(9(12)13)5-6-1-3-7(11)4-2-6/h1-9,15-17H;1-4,8,11H,5,10H2,(H,12,13)/b2-1+;/t;8-/m.0/s1. The van der Waals surface area contributed by atoms with Crippen molar-refractivity contribution in [2.24, 2.45) is 5.73 Å². The number of rotatable bonds is 5. The zero-order valence-electron chi connectivity index (χ0n) is 16.0. The van der Waals surface area contributed by atoms with Crippen LogP contribution in [0.5, 0.6) is 23.0 Å². The van der Waals surface area contributed by atoms with Crippen molar-refractivity contribution >= 4 is 18.1 Å². The summed E-state index contributed by atoms with van der Waals surface area (Å²) in [5.41, 5.74) is 7.75. The Labute approximate surface area is 173 Å². The first-order valence-electron chi connectivity index (χ1n) is 8.99. The lowest BCUT2D eigenvalue weighted by atomic mass is 10.1. The van der Waals surface area contributed by atoms with Crippen molar-refractivity contribution in [3.63, 3.8) is 0 Å². The molecule has 156 valence electrons. The molecule has 3 aromatic rings. The summed E-state index contributed by atoms with van der Waals surface area (Å²) in [6.07, 6.45) is 3.87. The van der Waals surface area contributed by atoms with E-state index in [1.54, 1.807) is 54.6 Å². The second kappa shape index (κ2) is 10.5. The fraction of sp³-hybridized carbons (Fsp3) is 0.0870. The smallest absolute Gasteiger partial charge is 0.320 e. The van der Waals surface area contributed by atoms with Gasteiger partial charge in [0.15, 0.2) is 0 Å². The number of carbonyl (C=O) groups is 1. The van der Waals surface area contributed by atoms with E-state index in [4.69, 9.17) is 21.1 Å². The third-order valence-electron chi connectivity index (χ3n) is 4.00. The van der Waals surface area contributed by atoms with Crippen molar-refractivity contribution in [1.82, 2.24) is 0 Å². The van der Waals surface area contributed by atoms with Gasteiger partial charge >= 0.3 is 5.97 Å². The Kier molecular flexibility index (Phi) is 7.84.